The van der Waals surface area contributed by atoms with Gasteiger partial charge in [0, 0.05) is 0 Å². The minimum Gasteiger partial charge on any atom is -0.497 e. The van der Waals surface area contributed by atoms with Crippen LogP contribution in [0.5, 0.6) is 5.75 Å². The molecule has 0 aromatic heterocycles. The third-order valence-corrected chi connectivity index (χ3v) is 4.30. The van der Waals surface area contributed by atoms with Crippen molar-refractivity contribution in [2.45, 2.75) is 0 Å². The van der Waals surface area contributed by atoms with E-state index >= 15 is 0 Å². The Hall–Kier alpha value is -1.86. The Morgan fingerprint density at radius 1 is 1.33 bits per heavy atom. The van der Waals surface area contributed by atoms with Gasteiger partial charge in [-0.3, -0.25) is 14.5 Å². The van der Waals surface area contributed by atoms with Gasteiger partial charge in [-0.05, 0) is 35.5 Å². The van der Waals surface area contributed by atoms with Gasteiger partial charge in [-0.15, -0.1) is 0 Å². The highest BCUT2D eigenvalue weighted by Gasteiger charge is 2.33. The number of carbonyl (C=O) groups excluding carboxylic acids is 2. The minimum absolute atomic E-state index is 0.166. The molecule has 1 heterocycles. The van der Waals surface area contributed by atoms with Gasteiger partial charge < -0.3 is 9.47 Å². The van der Waals surface area contributed by atoms with Gasteiger partial charge in [0.2, 0.25) is 0 Å². The Morgan fingerprint density at radius 2 is 2.00 bits per heavy atom. The third kappa shape index (κ3) is 3.62. The molecular weight excluding hydrogens is 310 g/mol. The molecule has 7 heteroatoms. The van der Waals surface area contributed by atoms with E-state index in [1.54, 1.807) is 7.11 Å². The van der Waals surface area contributed by atoms with Gasteiger partial charge in [0.1, 0.15) is 17.3 Å². The lowest BCUT2D eigenvalue weighted by molar-refractivity contribution is -0.140. The van der Waals surface area contributed by atoms with E-state index in [1.807, 2.05) is 30.3 Å². The normalized spacial score (nSPS) is 16.5. The van der Waals surface area contributed by atoms with Crippen LogP contribution < -0.4 is 4.74 Å². The Balaban J connectivity index is 2.17. The lowest BCUT2D eigenvalue weighted by Crippen LogP contribution is -2.33. The molecule has 0 atom stereocenters. The van der Waals surface area contributed by atoms with Gasteiger partial charge in [-0.1, -0.05) is 24.4 Å². The molecule has 1 amide bonds. The molecule has 110 valence electrons. The summed E-state index contributed by atoms with van der Waals surface area (Å²) in [6, 6.07) is 7.37. The van der Waals surface area contributed by atoms with Crippen molar-refractivity contribution in [2.24, 2.45) is 0 Å². The van der Waals surface area contributed by atoms with Crippen LogP contribution in [0.4, 0.5) is 4.79 Å². The van der Waals surface area contributed by atoms with E-state index in [4.69, 9.17) is 17.0 Å². The van der Waals surface area contributed by atoms with E-state index in [1.165, 1.54) is 12.0 Å². The second-order valence-electron chi connectivity index (χ2n) is 4.12. The average molecular weight is 323 g/mol. The van der Waals surface area contributed by atoms with Gasteiger partial charge in [-0.25, -0.2) is 0 Å². The molecule has 0 radical (unpaired) electrons. The Morgan fingerprint density at radius 3 is 2.57 bits per heavy atom. The summed E-state index contributed by atoms with van der Waals surface area (Å²) in [6.07, 6.45) is 1.81. The summed E-state index contributed by atoms with van der Waals surface area (Å²) >= 11 is 6.24. The lowest BCUT2D eigenvalue weighted by Gasteiger charge is -2.12. The highest BCUT2D eigenvalue weighted by molar-refractivity contribution is 8.19. The van der Waals surface area contributed by atoms with E-state index in [9.17, 15) is 9.59 Å². The quantitative estimate of drug-likeness (QED) is 0.482. The molecule has 1 aromatic carbocycles. The number of carbonyl (C=O) groups is 2. The third-order valence-electron chi connectivity index (χ3n) is 2.80. The summed E-state index contributed by atoms with van der Waals surface area (Å²) in [5.41, 5.74) is 0.897. The monoisotopic (exact) mass is 323 g/mol. The van der Waals surface area contributed by atoms with Crippen molar-refractivity contribution < 1.29 is 19.1 Å². The summed E-state index contributed by atoms with van der Waals surface area (Å²) in [5.74, 6) is 0.249. The van der Waals surface area contributed by atoms with Crippen molar-refractivity contribution >= 4 is 46.3 Å². The Labute approximate surface area is 131 Å². The van der Waals surface area contributed by atoms with Crippen molar-refractivity contribution in [3.05, 3.63) is 34.7 Å². The summed E-state index contributed by atoms with van der Waals surface area (Å²) in [7, 11) is 2.87. The number of hydrogen-bond acceptors (Lipinski definition) is 6. The maximum Gasteiger partial charge on any atom is 0.325 e. The predicted molar refractivity (Wildman–Crippen MR) is 85.3 cm³/mol. The zero-order chi connectivity index (χ0) is 15.4. The molecule has 0 N–H and O–H groups in total. The van der Waals surface area contributed by atoms with Gasteiger partial charge in [0.15, 0.2) is 0 Å². The standard InChI is InChI=1S/C14H13NO4S2/c1-18-10-5-3-9(4-6-10)7-11-13(20)15(14(17)21-11)8-12(16)19-2/h3-7H,8H2,1-2H3. The van der Waals surface area contributed by atoms with Gasteiger partial charge in [0.25, 0.3) is 5.24 Å². The molecule has 0 bridgehead atoms. The zero-order valence-electron chi connectivity index (χ0n) is 11.5. The van der Waals surface area contributed by atoms with Crippen LogP contribution in [0.2, 0.25) is 0 Å². The van der Waals surface area contributed by atoms with Crippen molar-refractivity contribution in [3.8, 4) is 5.75 Å². The molecule has 1 fully saturated rings. The number of thioether (sulfide) groups is 1. The fourth-order valence-electron chi connectivity index (χ4n) is 1.68. The minimum atomic E-state index is -0.503. The number of rotatable bonds is 4. The van der Waals surface area contributed by atoms with E-state index in [2.05, 4.69) is 4.74 Å². The molecule has 0 aliphatic carbocycles. The Bertz CT molecular complexity index is 610. The topological polar surface area (TPSA) is 55.8 Å². The first kappa shape index (κ1) is 15.5. The number of benzene rings is 1. The number of esters is 1. The smallest absolute Gasteiger partial charge is 0.325 e. The summed E-state index contributed by atoms with van der Waals surface area (Å²) in [4.78, 5) is 25.4. The van der Waals surface area contributed by atoms with Gasteiger partial charge in [0.05, 0.1) is 19.1 Å². The SMILES string of the molecule is COC(=O)CN1C(=O)SC(=Cc2ccc(OC)cc2)C1=S. The summed E-state index contributed by atoms with van der Waals surface area (Å²) in [6.45, 7) is -0.166. The van der Waals surface area contributed by atoms with Gasteiger partial charge >= 0.3 is 5.97 Å². The van der Waals surface area contributed by atoms with E-state index in [0.29, 0.717) is 9.89 Å². The van der Waals surface area contributed by atoms with Crippen molar-refractivity contribution in [1.82, 2.24) is 4.90 Å². The summed E-state index contributed by atoms with van der Waals surface area (Å²) < 4.78 is 9.64. The van der Waals surface area contributed by atoms with Crippen LogP contribution in [-0.4, -0.2) is 41.9 Å². The first-order valence-corrected chi connectivity index (χ1v) is 7.24. The molecule has 1 aliphatic heterocycles. The maximum atomic E-state index is 11.9. The van der Waals surface area contributed by atoms with Crippen LogP contribution in [0.1, 0.15) is 5.56 Å². The number of amides is 1. The van der Waals surface area contributed by atoms with Crippen molar-refractivity contribution in [1.29, 1.82) is 0 Å². The van der Waals surface area contributed by atoms with Crippen LogP contribution in [-0.2, 0) is 9.53 Å². The zero-order valence-corrected chi connectivity index (χ0v) is 13.1. The molecule has 5 nitrogen and oxygen atoms in total. The van der Waals surface area contributed by atoms with Gasteiger partial charge in [-0.2, -0.15) is 0 Å². The molecule has 1 aliphatic rings. The van der Waals surface area contributed by atoms with E-state index in [-0.39, 0.29) is 11.8 Å². The van der Waals surface area contributed by atoms with Crippen LogP contribution in [0.3, 0.4) is 0 Å². The number of thiocarbonyl (C=S) groups is 1. The highest BCUT2D eigenvalue weighted by Crippen LogP contribution is 2.33. The fraction of sp³-hybridized carbons (Fsp3) is 0.214. The fourth-order valence-corrected chi connectivity index (χ4v) is 2.92. The van der Waals surface area contributed by atoms with Crippen LogP contribution >= 0.6 is 24.0 Å². The van der Waals surface area contributed by atoms with Crippen LogP contribution in [0.15, 0.2) is 29.2 Å². The number of methoxy groups -OCH3 is 2. The molecule has 0 saturated carbocycles. The first-order valence-electron chi connectivity index (χ1n) is 6.01. The molecule has 21 heavy (non-hydrogen) atoms. The maximum absolute atomic E-state index is 11.9. The molecular formula is C14H13NO4S2. The lowest BCUT2D eigenvalue weighted by atomic mass is 10.2. The molecule has 0 unspecified atom stereocenters. The van der Waals surface area contributed by atoms with Crippen molar-refractivity contribution in [2.75, 3.05) is 20.8 Å². The summed E-state index contributed by atoms with van der Waals surface area (Å²) in [5, 5.41) is -0.273. The van der Waals surface area contributed by atoms with E-state index in [0.717, 1.165) is 23.1 Å². The Kier molecular flexibility index (Phi) is 4.98. The predicted octanol–water partition coefficient (Wildman–Crippen LogP) is 2.71. The largest absolute Gasteiger partial charge is 0.497 e. The highest BCUT2D eigenvalue weighted by atomic mass is 32.2. The second-order valence-corrected chi connectivity index (χ2v) is 5.50. The molecule has 1 saturated heterocycles. The number of nitrogens with zero attached hydrogens (tertiary/aromatic N) is 1. The molecule has 0 spiro atoms. The average Bonchev–Trinajstić information content (AvgIpc) is 2.75. The molecule has 1 aromatic rings. The van der Waals surface area contributed by atoms with Crippen molar-refractivity contribution in [3.63, 3.8) is 0 Å². The van der Waals surface area contributed by atoms with E-state index < -0.39 is 5.97 Å². The van der Waals surface area contributed by atoms with Crippen LogP contribution in [0.25, 0.3) is 6.08 Å². The number of ether oxygens (including phenoxy) is 2. The second kappa shape index (κ2) is 6.73. The molecule has 2 rings (SSSR count). The first-order chi connectivity index (χ1) is 10.0. The number of hydrogen-bond donors (Lipinski definition) is 0. The van der Waals surface area contributed by atoms with Crippen LogP contribution in [0, 0.1) is 0 Å².